The quantitative estimate of drug-likeness (QED) is 0.689. The second-order valence-corrected chi connectivity index (χ2v) is 5.13. The normalized spacial score (nSPS) is 32.8. The lowest BCUT2D eigenvalue weighted by molar-refractivity contribution is -0.139. The predicted octanol–water partition coefficient (Wildman–Crippen LogP) is 1.76. The Morgan fingerprint density at radius 1 is 1.46 bits per heavy atom. The molecule has 0 amide bonds. The lowest BCUT2D eigenvalue weighted by atomic mass is 9.67. The number of nitrogens with two attached hydrogens (primary N) is 1. The van der Waals surface area contributed by atoms with E-state index in [-0.39, 0.29) is 11.8 Å². The molecule has 76 valence electrons. The Hall–Kier alpha value is -0.570. The number of carbonyl (C=O) groups is 1. The van der Waals surface area contributed by atoms with Crippen LogP contribution in [-0.2, 0) is 4.79 Å². The van der Waals surface area contributed by atoms with Gasteiger partial charge in [0.25, 0.3) is 0 Å². The monoisotopic (exact) mass is 185 g/mol. The van der Waals surface area contributed by atoms with Crippen molar-refractivity contribution in [3.63, 3.8) is 0 Å². The van der Waals surface area contributed by atoms with Gasteiger partial charge in [0.05, 0.1) is 6.42 Å². The second kappa shape index (κ2) is 3.29. The molecule has 1 saturated carbocycles. The minimum Gasteiger partial charge on any atom is -0.481 e. The van der Waals surface area contributed by atoms with Gasteiger partial charge in [-0.25, -0.2) is 0 Å². The largest absolute Gasteiger partial charge is 0.481 e. The smallest absolute Gasteiger partial charge is 0.305 e. The van der Waals surface area contributed by atoms with Crippen molar-refractivity contribution in [2.75, 3.05) is 0 Å². The van der Waals surface area contributed by atoms with Crippen LogP contribution < -0.4 is 5.73 Å². The fourth-order valence-corrected chi connectivity index (χ4v) is 2.50. The van der Waals surface area contributed by atoms with E-state index in [9.17, 15) is 4.79 Å². The molecular weight excluding hydrogens is 166 g/mol. The van der Waals surface area contributed by atoms with E-state index >= 15 is 0 Å². The van der Waals surface area contributed by atoms with Crippen molar-refractivity contribution in [2.45, 2.75) is 51.5 Å². The van der Waals surface area contributed by atoms with Gasteiger partial charge in [-0.15, -0.1) is 0 Å². The van der Waals surface area contributed by atoms with Gasteiger partial charge in [0.15, 0.2) is 0 Å². The fourth-order valence-electron chi connectivity index (χ4n) is 2.50. The standard InChI is InChI=1S/C10H19NO2/c1-9(2)4-3-5-10(11,7-9)6-8(12)13/h3-7,11H2,1-2H3,(H,12,13). The van der Waals surface area contributed by atoms with Gasteiger partial charge in [0, 0.05) is 5.54 Å². The summed E-state index contributed by atoms with van der Waals surface area (Å²) in [7, 11) is 0. The van der Waals surface area contributed by atoms with E-state index < -0.39 is 11.5 Å². The van der Waals surface area contributed by atoms with Crippen LogP contribution in [0.4, 0.5) is 0 Å². The zero-order valence-corrected chi connectivity index (χ0v) is 8.47. The molecule has 1 atom stereocenters. The highest BCUT2D eigenvalue weighted by Gasteiger charge is 2.38. The summed E-state index contributed by atoms with van der Waals surface area (Å²) in [5.74, 6) is -0.778. The Morgan fingerprint density at radius 2 is 2.08 bits per heavy atom. The lowest BCUT2D eigenvalue weighted by Gasteiger charge is -2.41. The molecule has 0 aromatic carbocycles. The van der Waals surface area contributed by atoms with Crippen molar-refractivity contribution in [2.24, 2.45) is 11.1 Å². The van der Waals surface area contributed by atoms with Gasteiger partial charge >= 0.3 is 5.97 Å². The van der Waals surface area contributed by atoms with Crippen LogP contribution in [-0.4, -0.2) is 16.6 Å². The molecule has 3 heteroatoms. The van der Waals surface area contributed by atoms with Gasteiger partial charge < -0.3 is 10.8 Å². The molecule has 1 aliphatic carbocycles. The van der Waals surface area contributed by atoms with E-state index in [4.69, 9.17) is 10.8 Å². The van der Waals surface area contributed by atoms with Crippen LogP contribution in [0.3, 0.4) is 0 Å². The predicted molar refractivity (Wildman–Crippen MR) is 51.4 cm³/mol. The SMILES string of the molecule is CC1(C)CCCC(N)(CC(=O)O)C1. The highest BCUT2D eigenvalue weighted by atomic mass is 16.4. The van der Waals surface area contributed by atoms with Gasteiger partial charge in [0.1, 0.15) is 0 Å². The highest BCUT2D eigenvalue weighted by molar-refractivity contribution is 5.68. The third-order valence-corrected chi connectivity index (χ3v) is 2.86. The fraction of sp³-hybridized carbons (Fsp3) is 0.900. The molecule has 3 nitrogen and oxygen atoms in total. The van der Waals surface area contributed by atoms with Crippen LogP contribution >= 0.6 is 0 Å². The third kappa shape index (κ3) is 2.99. The van der Waals surface area contributed by atoms with Gasteiger partial charge in [0.2, 0.25) is 0 Å². The number of carboxylic acid groups (broad SMARTS) is 1. The molecule has 1 unspecified atom stereocenters. The van der Waals surface area contributed by atoms with E-state index in [1.54, 1.807) is 0 Å². The summed E-state index contributed by atoms with van der Waals surface area (Å²) in [6.45, 7) is 4.32. The third-order valence-electron chi connectivity index (χ3n) is 2.86. The first kappa shape index (κ1) is 10.5. The summed E-state index contributed by atoms with van der Waals surface area (Å²) in [4.78, 5) is 10.6. The van der Waals surface area contributed by atoms with Crippen LogP contribution in [0.2, 0.25) is 0 Å². The maximum absolute atomic E-state index is 10.6. The van der Waals surface area contributed by atoms with Gasteiger partial charge in [-0.2, -0.15) is 0 Å². The number of carboxylic acids is 1. The van der Waals surface area contributed by atoms with Crippen LogP contribution in [0.25, 0.3) is 0 Å². The summed E-state index contributed by atoms with van der Waals surface area (Å²) in [6, 6.07) is 0. The lowest BCUT2D eigenvalue weighted by Crippen LogP contribution is -2.48. The van der Waals surface area contributed by atoms with Crippen molar-refractivity contribution in [3.8, 4) is 0 Å². The average molecular weight is 185 g/mol. The van der Waals surface area contributed by atoms with Gasteiger partial charge in [-0.3, -0.25) is 4.79 Å². The minimum absolute atomic E-state index is 0.108. The van der Waals surface area contributed by atoms with Crippen molar-refractivity contribution in [1.29, 1.82) is 0 Å². The number of rotatable bonds is 2. The topological polar surface area (TPSA) is 63.3 Å². The molecule has 0 radical (unpaired) electrons. The maximum atomic E-state index is 10.6. The Balaban J connectivity index is 2.63. The summed E-state index contributed by atoms with van der Waals surface area (Å²) < 4.78 is 0. The Bertz CT molecular complexity index is 213. The average Bonchev–Trinajstić information content (AvgIpc) is 1.79. The Morgan fingerprint density at radius 3 is 2.54 bits per heavy atom. The summed E-state index contributed by atoms with van der Waals surface area (Å²) in [6.07, 6.45) is 3.99. The van der Waals surface area contributed by atoms with E-state index in [0.717, 1.165) is 25.7 Å². The molecule has 0 aliphatic heterocycles. The number of hydrogen-bond donors (Lipinski definition) is 2. The van der Waals surface area contributed by atoms with Crippen molar-refractivity contribution < 1.29 is 9.90 Å². The summed E-state index contributed by atoms with van der Waals surface area (Å²) in [5, 5.41) is 8.72. The first-order valence-electron chi connectivity index (χ1n) is 4.84. The van der Waals surface area contributed by atoms with E-state index in [1.807, 2.05) is 0 Å². The Kier molecular flexibility index (Phi) is 2.66. The zero-order chi connectivity index (χ0) is 10.1. The summed E-state index contributed by atoms with van der Waals surface area (Å²) >= 11 is 0. The maximum Gasteiger partial charge on any atom is 0.305 e. The van der Waals surface area contributed by atoms with Crippen LogP contribution in [0.1, 0.15) is 46.0 Å². The molecule has 1 fully saturated rings. The Labute approximate surface area is 79.3 Å². The zero-order valence-electron chi connectivity index (χ0n) is 8.47. The number of aliphatic carboxylic acids is 1. The molecule has 0 spiro atoms. The van der Waals surface area contributed by atoms with Crippen molar-refractivity contribution >= 4 is 5.97 Å². The number of hydrogen-bond acceptors (Lipinski definition) is 2. The summed E-state index contributed by atoms with van der Waals surface area (Å²) in [5.41, 5.74) is 5.80. The van der Waals surface area contributed by atoms with Crippen molar-refractivity contribution in [3.05, 3.63) is 0 Å². The van der Waals surface area contributed by atoms with E-state index in [2.05, 4.69) is 13.8 Å². The molecule has 1 rings (SSSR count). The highest BCUT2D eigenvalue weighted by Crippen LogP contribution is 2.41. The van der Waals surface area contributed by atoms with E-state index in [0.29, 0.717) is 0 Å². The van der Waals surface area contributed by atoms with Crippen molar-refractivity contribution in [1.82, 2.24) is 0 Å². The molecule has 0 aromatic rings. The minimum atomic E-state index is -0.778. The molecule has 13 heavy (non-hydrogen) atoms. The molecule has 0 saturated heterocycles. The molecule has 3 N–H and O–H groups in total. The van der Waals surface area contributed by atoms with E-state index in [1.165, 1.54) is 0 Å². The van der Waals surface area contributed by atoms with Crippen LogP contribution in [0, 0.1) is 5.41 Å². The molecule has 0 bridgehead atoms. The first-order chi connectivity index (χ1) is 5.83. The van der Waals surface area contributed by atoms with Crippen LogP contribution in [0.15, 0.2) is 0 Å². The molecule has 0 aromatic heterocycles. The molecular formula is C10H19NO2. The molecule has 1 aliphatic rings. The van der Waals surface area contributed by atoms with Crippen LogP contribution in [0.5, 0.6) is 0 Å². The first-order valence-corrected chi connectivity index (χ1v) is 4.84. The van der Waals surface area contributed by atoms with Gasteiger partial charge in [-0.05, 0) is 24.7 Å². The molecule has 0 heterocycles. The second-order valence-electron chi connectivity index (χ2n) is 5.13. The van der Waals surface area contributed by atoms with Gasteiger partial charge in [-0.1, -0.05) is 20.3 Å².